The Morgan fingerprint density at radius 3 is 2.95 bits per heavy atom. The van der Waals surface area contributed by atoms with Crippen molar-refractivity contribution >= 4 is 39.6 Å². The standard InChI is InChI=1S/C16H10BrClO3/c1-2-9-20-16(19)8-5-12-4-7-15(21-12)13-6-3-11(18)10-14(13)17/h1,3-8,10H,9H2/b8-5+. The van der Waals surface area contributed by atoms with Crippen molar-refractivity contribution in [1.29, 1.82) is 0 Å². The molecule has 0 aliphatic rings. The van der Waals surface area contributed by atoms with Crippen LogP contribution in [0, 0.1) is 12.3 Å². The molecular formula is C16H10BrClO3. The second kappa shape index (κ2) is 7.16. The summed E-state index contributed by atoms with van der Waals surface area (Å²) in [5.74, 6) is 2.90. The third kappa shape index (κ3) is 4.25. The van der Waals surface area contributed by atoms with Crippen LogP contribution in [0.5, 0.6) is 0 Å². The first-order valence-corrected chi connectivity index (χ1v) is 7.11. The van der Waals surface area contributed by atoms with Gasteiger partial charge in [-0.1, -0.05) is 17.5 Å². The van der Waals surface area contributed by atoms with E-state index >= 15 is 0 Å². The van der Waals surface area contributed by atoms with Gasteiger partial charge in [-0.25, -0.2) is 4.79 Å². The number of esters is 1. The van der Waals surface area contributed by atoms with E-state index in [2.05, 4.69) is 21.9 Å². The van der Waals surface area contributed by atoms with Crippen molar-refractivity contribution in [3.05, 3.63) is 51.7 Å². The van der Waals surface area contributed by atoms with Gasteiger partial charge in [0.1, 0.15) is 11.5 Å². The Morgan fingerprint density at radius 2 is 2.24 bits per heavy atom. The van der Waals surface area contributed by atoms with Crippen LogP contribution < -0.4 is 0 Å². The Bertz CT molecular complexity index is 725. The predicted octanol–water partition coefficient (Wildman–Crippen LogP) is 4.55. The Labute approximate surface area is 135 Å². The molecule has 0 aliphatic carbocycles. The smallest absolute Gasteiger partial charge is 0.331 e. The highest BCUT2D eigenvalue weighted by molar-refractivity contribution is 9.10. The maximum atomic E-state index is 11.3. The molecule has 0 saturated carbocycles. The van der Waals surface area contributed by atoms with E-state index in [0.29, 0.717) is 16.5 Å². The van der Waals surface area contributed by atoms with Crippen LogP contribution >= 0.6 is 27.5 Å². The number of rotatable bonds is 4. The Kier molecular flexibility index (Phi) is 5.26. The molecule has 0 atom stereocenters. The number of ether oxygens (including phenoxy) is 1. The molecule has 0 spiro atoms. The molecule has 0 N–H and O–H groups in total. The SMILES string of the molecule is C#CCOC(=O)/C=C/c1ccc(-c2ccc(Cl)cc2Br)o1. The lowest BCUT2D eigenvalue weighted by molar-refractivity contribution is -0.136. The average Bonchev–Trinajstić information content (AvgIpc) is 2.91. The number of carbonyl (C=O) groups is 1. The van der Waals surface area contributed by atoms with E-state index in [9.17, 15) is 4.79 Å². The van der Waals surface area contributed by atoms with Crippen LogP contribution in [-0.2, 0) is 9.53 Å². The van der Waals surface area contributed by atoms with E-state index < -0.39 is 5.97 Å². The molecule has 106 valence electrons. The van der Waals surface area contributed by atoms with E-state index in [4.69, 9.17) is 27.2 Å². The van der Waals surface area contributed by atoms with Crippen molar-refractivity contribution in [2.45, 2.75) is 0 Å². The summed E-state index contributed by atoms with van der Waals surface area (Å²) < 4.78 is 11.2. The van der Waals surface area contributed by atoms with Gasteiger partial charge in [0.05, 0.1) is 0 Å². The number of halogens is 2. The fourth-order valence-corrected chi connectivity index (χ4v) is 2.47. The normalized spacial score (nSPS) is 10.5. The summed E-state index contributed by atoms with van der Waals surface area (Å²) in [4.78, 5) is 11.3. The highest BCUT2D eigenvalue weighted by Crippen LogP contribution is 2.32. The van der Waals surface area contributed by atoms with Gasteiger partial charge in [0.25, 0.3) is 0 Å². The van der Waals surface area contributed by atoms with Gasteiger partial charge < -0.3 is 9.15 Å². The van der Waals surface area contributed by atoms with Gasteiger partial charge in [0.2, 0.25) is 0 Å². The lowest BCUT2D eigenvalue weighted by Crippen LogP contribution is -1.99. The van der Waals surface area contributed by atoms with Crippen molar-refractivity contribution in [1.82, 2.24) is 0 Å². The molecule has 2 aromatic rings. The molecule has 0 bridgehead atoms. The molecule has 5 heteroatoms. The maximum Gasteiger partial charge on any atom is 0.331 e. The molecular weight excluding hydrogens is 356 g/mol. The Hall–Kier alpha value is -1.96. The minimum Gasteiger partial charge on any atom is -0.457 e. The van der Waals surface area contributed by atoms with Crippen LogP contribution in [0.4, 0.5) is 0 Å². The molecule has 1 aromatic carbocycles. The molecule has 1 heterocycles. The fraction of sp³-hybridized carbons (Fsp3) is 0.0625. The van der Waals surface area contributed by atoms with Crippen molar-refractivity contribution < 1.29 is 13.9 Å². The summed E-state index contributed by atoms with van der Waals surface area (Å²) in [5, 5.41) is 0.633. The van der Waals surface area contributed by atoms with Crippen molar-refractivity contribution in [2.24, 2.45) is 0 Å². The van der Waals surface area contributed by atoms with Gasteiger partial charge in [-0.3, -0.25) is 0 Å². The zero-order valence-corrected chi connectivity index (χ0v) is 13.1. The third-order valence-corrected chi connectivity index (χ3v) is 3.40. The van der Waals surface area contributed by atoms with Crippen molar-refractivity contribution in [3.8, 4) is 23.7 Å². The van der Waals surface area contributed by atoms with E-state index in [1.807, 2.05) is 6.07 Å². The zero-order valence-electron chi connectivity index (χ0n) is 10.8. The number of carbonyl (C=O) groups excluding carboxylic acids is 1. The molecule has 0 saturated heterocycles. The maximum absolute atomic E-state index is 11.3. The molecule has 21 heavy (non-hydrogen) atoms. The van der Waals surface area contributed by atoms with Gasteiger partial charge in [-0.15, -0.1) is 6.42 Å². The van der Waals surface area contributed by atoms with E-state index in [0.717, 1.165) is 10.0 Å². The van der Waals surface area contributed by atoms with Crippen LogP contribution in [0.3, 0.4) is 0 Å². The van der Waals surface area contributed by atoms with Gasteiger partial charge in [0, 0.05) is 21.1 Å². The highest BCUT2D eigenvalue weighted by Gasteiger charge is 2.08. The number of furan rings is 1. The minimum absolute atomic E-state index is 0.0513. The molecule has 0 unspecified atom stereocenters. The first-order chi connectivity index (χ1) is 10.1. The van der Waals surface area contributed by atoms with E-state index in [-0.39, 0.29) is 6.61 Å². The van der Waals surface area contributed by atoms with Crippen LogP contribution in [0.2, 0.25) is 5.02 Å². The van der Waals surface area contributed by atoms with E-state index in [1.165, 1.54) is 12.2 Å². The molecule has 0 aliphatic heterocycles. The molecule has 0 fully saturated rings. The van der Waals surface area contributed by atoms with Crippen LogP contribution in [0.25, 0.3) is 17.4 Å². The van der Waals surface area contributed by atoms with Crippen LogP contribution in [0.1, 0.15) is 5.76 Å². The van der Waals surface area contributed by atoms with Gasteiger partial charge in [-0.05, 0) is 52.3 Å². The van der Waals surface area contributed by atoms with E-state index in [1.54, 1.807) is 24.3 Å². The monoisotopic (exact) mass is 364 g/mol. The summed E-state index contributed by atoms with van der Waals surface area (Å²) in [7, 11) is 0. The number of terminal acetylenes is 1. The Balaban J connectivity index is 2.13. The second-order valence-corrected chi connectivity index (χ2v) is 5.26. The highest BCUT2D eigenvalue weighted by atomic mass is 79.9. The van der Waals surface area contributed by atoms with Gasteiger partial charge in [-0.2, -0.15) is 0 Å². The fourth-order valence-electron chi connectivity index (χ4n) is 1.59. The quantitative estimate of drug-likeness (QED) is 0.453. The lowest BCUT2D eigenvalue weighted by Gasteiger charge is -2.01. The molecule has 1 aromatic heterocycles. The summed E-state index contributed by atoms with van der Waals surface area (Å²) in [6.45, 7) is -0.0513. The Morgan fingerprint density at radius 1 is 1.43 bits per heavy atom. The molecule has 2 rings (SSSR count). The van der Waals surface area contributed by atoms with Crippen LogP contribution in [-0.4, -0.2) is 12.6 Å². The summed E-state index contributed by atoms with van der Waals surface area (Å²) in [5.41, 5.74) is 0.869. The van der Waals surface area contributed by atoms with Crippen molar-refractivity contribution in [3.63, 3.8) is 0 Å². The number of hydrogen-bond acceptors (Lipinski definition) is 3. The molecule has 0 amide bonds. The lowest BCUT2D eigenvalue weighted by atomic mass is 10.2. The predicted molar refractivity (Wildman–Crippen MR) is 85.7 cm³/mol. The largest absolute Gasteiger partial charge is 0.457 e. The third-order valence-electron chi connectivity index (χ3n) is 2.50. The first kappa shape index (κ1) is 15.4. The molecule has 0 radical (unpaired) electrons. The summed E-state index contributed by atoms with van der Waals surface area (Å²) >= 11 is 9.33. The summed E-state index contributed by atoms with van der Waals surface area (Å²) in [6.07, 6.45) is 7.77. The number of hydrogen-bond donors (Lipinski definition) is 0. The zero-order chi connectivity index (χ0) is 15.2. The number of benzene rings is 1. The summed E-state index contributed by atoms with van der Waals surface area (Å²) in [6, 6.07) is 8.96. The first-order valence-electron chi connectivity index (χ1n) is 5.93. The minimum atomic E-state index is -0.515. The average molecular weight is 366 g/mol. The molecule has 3 nitrogen and oxygen atoms in total. The van der Waals surface area contributed by atoms with Crippen LogP contribution in [0.15, 0.2) is 45.3 Å². The van der Waals surface area contributed by atoms with Crippen molar-refractivity contribution in [2.75, 3.05) is 6.61 Å². The van der Waals surface area contributed by atoms with Gasteiger partial charge >= 0.3 is 5.97 Å². The topological polar surface area (TPSA) is 39.4 Å². The van der Waals surface area contributed by atoms with Gasteiger partial charge in [0.15, 0.2) is 6.61 Å². The second-order valence-electron chi connectivity index (χ2n) is 3.97.